The van der Waals surface area contributed by atoms with Gasteiger partial charge in [-0.1, -0.05) is 44.2 Å². The van der Waals surface area contributed by atoms with Gasteiger partial charge in [0.15, 0.2) is 0 Å². The third kappa shape index (κ3) is 3.92. The molecule has 29 heavy (non-hydrogen) atoms. The van der Waals surface area contributed by atoms with Crippen molar-refractivity contribution < 1.29 is 4.79 Å². The van der Waals surface area contributed by atoms with Gasteiger partial charge in [0.05, 0.1) is 17.5 Å². The highest BCUT2D eigenvalue weighted by Crippen LogP contribution is 2.33. The van der Waals surface area contributed by atoms with Gasteiger partial charge in [-0.3, -0.25) is 9.89 Å². The van der Waals surface area contributed by atoms with Gasteiger partial charge in [0.25, 0.3) is 5.91 Å². The normalized spacial score (nSPS) is 17.0. The van der Waals surface area contributed by atoms with Crippen molar-refractivity contribution in [2.45, 2.75) is 45.4 Å². The van der Waals surface area contributed by atoms with Crippen molar-refractivity contribution in [1.29, 1.82) is 0 Å². The largest absolute Gasteiger partial charge is 0.338 e. The van der Waals surface area contributed by atoms with E-state index in [2.05, 4.69) is 46.1 Å². The number of nitrogens with zero attached hydrogens (tertiary/aromatic N) is 4. The zero-order chi connectivity index (χ0) is 20.4. The van der Waals surface area contributed by atoms with Gasteiger partial charge in [-0.05, 0) is 25.3 Å². The Balaban J connectivity index is 1.55. The molecule has 4 rings (SSSR count). The number of carbonyl (C=O) groups is 1. The second-order valence-electron chi connectivity index (χ2n) is 8.04. The van der Waals surface area contributed by atoms with Crippen molar-refractivity contribution in [2.75, 3.05) is 13.1 Å². The molecule has 6 heteroatoms. The number of hydrogen-bond acceptors (Lipinski definition) is 4. The molecule has 1 aliphatic heterocycles. The summed E-state index contributed by atoms with van der Waals surface area (Å²) < 4.78 is 0. The number of rotatable bonds is 4. The zero-order valence-electron chi connectivity index (χ0n) is 17.2. The highest BCUT2D eigenvalue weighted by Gasteiger charge is 2.29. The third-order valence-corrected chi connectivity index (χ3v) is 5.62. The molecule has 3 aromatic rings. The van der Waals surface area contributed by atoms with Crippen LogP contribution in [0.5, 0.6) is 0 Å². The van der Waals surface area contributed by atoms with E-state index in [1.807, 2.05) is 36.2 Å². The van der Waals surface area contributed by atoms with Gasteiger partial charge in [-0.25, -0.2) is 9.97 Å². The summed E-state index contributed by atoms with van der Waals surface area (Å²) in [6, 6.07) is 10.3. The number of benzene rings is 1. The quantitative estimate of drug-likeness (QED) is 0.721. The lowest BCUT2D eigenvalue weighted by atomic mass is 9.90. The van der Waals surface area contributed by atoms with Crippen molar-refractivity contribution in [3.8, 4) is 11.1 Å². The summed E-state index contributed by atoms with van der Waals surface area (Å²) in [6.45, 7) is 7.44. The summed E-state index contributed by atoms with van der Waals surface area (Å²) in [6.07, 6.45) is 5.57. The summed E-state index contributed by atoms with van der Waals surface area (Å²) in [4.78, 5) is 24.1. The summed E-state index contributed by atoms with van der Waals surface area (Å²) in [7, 11) is 0. The highest BCUT2D eigenvalue weighted by molar-refractivity contribution is 5.95. The van der Waals surface area contributed by atoms with Crippen molar-refractivity contribution >= 4 is 5.91 Å². The number of piperidine rings is 1. The van der Waals surface area contributed by atoms with Crippen LogP contribution in [-0.4, -0.2) is 44.1 Å². The number of H-pyrrole nitrogens is 1. The monoisotopic (exact) mass is 389 g/mol. The summed E-state index contributed by atoms with van der Waals surface area (Å²) >= 11 is 0. The molecule has 0 saturated carbocycles. The van der Waals surface area contributed by atoms with Crippen molar-refractivity contribution in [2.24, 2.45) is 0 Å². The van der Waals surface area contributed by atoms with Crippen LogP contribution in [0.15, 0.2) is 42.7 Å². The Labute approximate surface area is 171 Å². The number of likely N-dealkylation sites (tertiary alicyclic amines) is 1. The maximum absolute atomic E-state index is 13.2. The van der Waals surface area contributed by atoms with Gasteiger partial charge in [0, 0.05) is 42.4 Å². The van der Waals surface area contributed by atoms with Gasteiger partial charge in [0.1, 0.15) is 5.82 Å². The molecule has 6 nitrogen and oxygen atoms in total. The molecule has 3 heterocycles. The van der Waals surface area contributed by atoms with Crippen LogP contribution >= 0.6 is 0 Å². The van der Waals surface area contributed by atoms with Gasteiger partial charge in [-0.15, -0.1) is 0 Å². The van der Waals surface area contributed by atoms with E-state index < -0.39 is 0 Å². The number of aromatic amines is 1. The number of amides is 1. The molecule has 1 fully saturated rings. The smallest absolute Gasteiger partial charge is 0.257 e. The van der Waals surface area contributed by atoms with Gasteiger partial charge in [-0.2, -0.15) is 5.10 Å². The number of nitrogens with one attached hydrogen (secondary N) is 1. The fourth-order valence-corrected chi connectivity index (χ4v) is 4.00. The van der Waals surface area contributed by atoms with Crippen molar-refractivity contribution in [3.05, 3.63) is 65.5 Å². The average Bonchev–Trinajstić information content (AvgIpc) is 3.24. The van der Waals surface area contributed by atoms with Crippen molar-refractivity contribution in [3.63, 3.8) is 0 Å². The molecule has 0 bridgehead atoms. The Morgan fingerprint density at radius 3 is 2.72 bits per heavy atom. The molecule has 1 N–H and O–H groups in total. The van der Waals surface area contributed by atoms with E-state index in [9.17, 15) is 4.79 Å². The van der Waals surface area contributed by atoms with Crippen LogP contribution in [0.25, 0.3) is 11.1 Å². The van der Waals surface area contributed by atoms with Crippen LogP contribution in [0.3, 0.4) is 0 Å². The van der Waals surface area contributed by atoms with Crippen LogP contribution in [0, 0.1) is 6.92 Å². The lowest BCUT2D eigenvalue weighted by Crippen LogP contribution is -2.39. The topological polar surface area (TPSA) is 74.8 Å². The van der Waals surface area contributed by atoms with E-state index in [0.717, 1.165) is 47.7 Å². The minimum Gasteiger partial charge on any atom is -0.338 e. The third-order valence-electron chi connectivity index (χ3n) is 5.62. The molecule has 1 aliphatic rings. The fraction of sp³-hybridized carbons (Fsp3) is 0.391. The Morgan fingerprint density at radius 2 is 2.00 bits per heavy atom. The van der Waals surface area contributed by atoms with Crippen LogP contribution in [0.2, 0.25) is 0 Å². The standard InChI is InChI=1S/C23H27N5O/c1-15(2)22-24-12-19(16(3)26-22)23(29)28-11-7-10-18(14-28)21-20(13-25-27-21)17-8-5-4-6-9-17/h4-6,8-9,12-13,15,18H,7,10-11,14H2,1-3H3,(H,25,27)/t18-/m1/s1. The molecule has 1 amide bonds. The van der Waals surface area contributed by atoms with Gasteiger partial charge >= 0.3 is 0 Å². The molecule has 2 aromatic heterocycles. The first kappa shape index (κ1) is 19.3. The lowest BCUT2D eigenvalue weighted by molar-refractivity contribution is 0.0704. The van der Waals surface area contributed by atoms with E-state index in [1.165, 1.54) is 0 Å². The first-order chi connectivity index (χ1) is 14.0. The SMILES string of the molecule is Cc1nc(C(C)C)ncc1C(=O)N1CCC[C@@H](c2[nH]ncc2-c2ccccc2)C1. The summed E-state index contributed by atoms with van der Waals surface area (Å²) in [5.41, 5.74) is 4.72. The maximum Gasteiger partial charge on any atom is 0.257 e. The van der Waals surface area contributed by atoms with Gasteiger partial charge < -0.3 is 4.90 Å². The van der Waals surface area contributed by atoms with E-state index >= 15 is 0 Å². The fourth-order valence-electron chi connectivity index (χ4n) is 4.00. The number of aromatic nitrogens is 4. The van der Waals surface area contributed by atoms with Crippen LogP contribution in [-0.2, 0) is 0 Å². The Bertz CT molecular complexity index is 996. The van der Waals surface area contributed by atoms with Crippen LogP contribution in [0.4, 0.5) is 0 Å². The minimum atomic E-state index is 0.0169. The summed E-state index contributed by atoms with van der Waals surface area (Å²) in [5.74, 6) is 1.28. The number of hydrogen-bond donors (Lipinski definition) is 1. The second kappa shape index (κ2) is 8.15. The molecule has 1 aromatic carbocycles. The molecule has 0 spiro atoms. The number of aryl methyl sites for hydroxylation is 1. The average molecular weight is 390 g/mol. The minimum absolute atomic E-state index is 0.0169. The van der Waals surface area contributed by atoms with Crippen molar-refractivity contribution in [1.82, 2.24) is 25.1 Å². The van der Waals surface area contributed by atoms with E-state index in [4.69, 9.17) is 0 Å². The lowest BCUT2D eigenvalue weighted by Gasteiger charge is -2.33. The van der Waals surface area contributed by atoms with E-state index in [1.54, 1.807) is 6.20 Å². The second-order valence-corrected chi connectivity index (χ2v) is 8.04. The van der Waals surface area contributed by atoms with Gasteiger partial charge in [0.2, 0.25) is 0 Å². The molecule has 1 atom stereocenters. The highest BCUT2D eigenvalue weighted by atomic mass is 16.2. The zero-order valence-corrected chi connectivity index (χ0v) is 17.2. The molecule has 0 aliphatic carbocycles. The first-order valence-electron chi connectivity index (χ1n) is 10.3. The summed E-state index contributed by atoms with van der Waals surface area (Å²) in [5, 5.41) is 7.49. The van der Waals surface area contributed by atoms with E-state index in [-0.39, 0.29) is 17.7 Å². The predicted octanol–water partition coefficient (Wildman–Crippen LogP) is 4.32. The molecule has 1 saturated heterocycles. The molecule has 150 valence electrons. The maximum atomic E-state index is 13.2. The van der Waals surface area contributed by atoms with Crippen LogP contribution in [0.1, 0.15) is 66.1 Å². The molecular formula is C23H27N5O. The Kier molecular flexibility index (Phi) is 5.43. The molecular weight excluding hydrogens is 362 g/mol. The van der Waals surface area contributed by atoms with Crippen LogP contribution < -0.4 is 0 Å². The first-order valence-corrected chi connectivity index (χ1v) is 10.3. The predicted molar refractivity (Wildman–Crippen MR) is 113 cm³/mol. The molecule has 0 radical (unpaired) electrons. The molecule has 0 unspecified atom stereocenters. The number of carbonyl (C=O) groups excluding carboxylic acids is 1. The van der Waals surface area contributed by atoms with E-state index in [0.29, 0.717) is 12.1 Å². The Hall–Kier alpha value is -3.02. The Morgan fingerprint density at radius 1 is 1.21 bits per heavy atom.